The van der Waals surface area contributed by atoms with E-state index in [0.717, 1.165) is 18.0 Å². The van der Waals surface area contributed by atoms with Crippen LogP contribution in [0.5, 0.6) is 0 Å². The van der Waals surface area contributed by atoms with Gasteiger partial charge in [0, 0.05) is 6.54 Å². The van der Waals surface area contributed by atoms with Crippen molar-refractivity contribution in [2.45, 2.75) is 6.92 Å². The highest BCUT2D eigenvalue weighted by Crippen LogP contribution is 2.23. The molecule has 0 saturated carbocycles. The van der Waals surface area contributed by atoms with Gasteiger partial charge in [0.25, 0.3) is 0 Å². The molecule has 1 rings (SSSR count). The minimum Gasteiger partial charge on any atom is -0.465 e. The number of benzene rings is 1. The number of carbonyl (C=O) groups excluding carboxylic acids is 1. The molecule has 4 nitrogen and oxygen atoms in total. The van der Waals surface area contributed by atoms with E-state index in [0.29, 0.717) is 17.2 Å². The first kappa shape index (κ1) is 14.7. The molecule has 0 fully saturated rings. The predicted octanol–water partition coefficient (Wildman–Crippen LogP) is 2.47. The molecule has 0 heterocycles. The zero-order chi connectivity index (χ0) is 13.5. The molecule has 0 spiro atoms. The maximum Gasteiger partial charge on any atom is 0.340 e. The Morgan fingerprint density at radius 2 is 2.28 bits per heavy atom. The Bertz CT molecular complexity index is 410. The van der Waals surface area contributed by atoms with Crippen LogP contribution in [0, 0.1) is 5.92 Å². The third kappa shape index (κ3) is 3.84. The van der Waals surface area contributed by atoms with E-state index in [2.05, 4.69) is 23.2 Å². The first-order valence-electron chi connectivity index (χ1n) is 5.79. The fourth-order valence-electron chi connectivity index (χ4n) is 1.63. The van der Waals surface area contributed by atoms with Crippen molar-refractivity contribution in [1.82, 2.24) is 0 Å². The van der Waals surface area contributed by atoms with Crippen LogP contribution in [0.25, 0.3) is 0 Å². The summed E-state index contributed by atoms with van der Waals surface area (Å²) in [5, 5.41) is 3.27. The lowest BCUT2D eigenvalue weighted by Crippen LogP contribution is -2.15. The van der Waals surface area contributed by atoms with Crippen LogP contribution in [0.1, 0.15) is 17.3 Å². The van der Waals surface area contributed by atoms with E-state index in [-0.39, 0.29) is 0 Å². The van der Waals surface area contributed by atoms with Gasteiger partial charge in [-0.05, 0) is 30.1 Å². The number of para-hydroxylation sites is 1. The Labute approximate surface area is 112 Å². The molecule has 1 unspecified atom stereocenters. The Balaban J connectivity index is 2.75. The zero-order valence-corrected chi connectivity index (χ0v) is 11.8. The number of thioether (sulfide) groups is 1. The van der Waals surface area contributed by atoms with Crippen molar-refractivity contribution in [3.63, 3.8) is 0 Å². The standard InChI is InChI=1S/C13H20N2O2S/c1-9(8-18-3)7-15-11-6-4-5-10(12(11)14)13(16)17-2/h4-6,9,15H,7-8,14H2,1-3H3. The molecule has 0 bridgehead atoms. The van der Waals surface area contributed by atoms with Gasteiger partial charge < -0.3 is 15.8 Å². The lowest BCUT2D eigenvalue weighted by Gasteiger charge is -2.15. The highest BCUT2D eigenvalue weighted by atomic mass is 32.2. The van der Waals surface area contributed by atoms with Crippen LogP contribution in [0.2, 0.25) is 0 Å². The second-order valence-electron chi connectivity index (χ2n) is 4.20. The maximum absolute atomic E-state index is 11.5. The summed E-state index contributed by atoms with van der Waals surface area (Å²) in [5.41, 5.74) is 7.58. The molecule has 100 valence electrons. The van der Waals surface area contributed by atoms with E-state index in [1.165, 1.54) is 7.11 Å². The van der Waals surface area contributed by atoms with E-state index in [1.807, 2.05) is 17.8 Å². The molecule has 1 aromatic carbocycles. The fourth-order valence-corrected chi connectivity index (χ4v) is 2.32. The van der Waals surface area contributed by atoms with E-state index < -0.39 is 5.97 Å². The van der Waals surface area contributed by atoms with Crippen molar-refractivity contribution >= 4 is 29.1 Å². The van der Waals surface area contributed by atoms with Crippen LogP contribution < -0.4 is 11.1 Å². The van der Waals surface area contributed by atoms with E-state index in [1.54, 1.807) is 12.1 Å². The number of esters is 1. The van der Waals surface area contributed by atoms with Crippen LogP contribution in [0.4, 0.5) is 11.4 Å². The third-order valence-corrected chi connectivity index (χ3v) is 3.51. The molecule has 0 aromatic heterocycles. The summed E-state index contributed by atoms with van der Waals surface area (Å²) in [6.45, 7) is 3.00. The summed E-state index contributed by atoms with van der Waals surface area (Å²) < 4.78 is 4.69. The third-order valence-electron chi connectivity index (χ3n) is 2.60. The number of hydrogen-bond donors (Lipinski definition) is 2. The number of carbonyl (C=O) groups is 1. The number of methoxy groups -OCH3 is 1. The van der Waals surface area contributed by atoms with Crippen molar-refractivity contribution in [2.24, 2.45) is 5.92 Å². The van der Waals surface area contributed by atoms with Crippen LogP contribution >= 0.6 is 11.8 Å². The average Bonchev–Trinajstić information content (AvgIpc) is 2.37. The SMILES string of the molecule is COC(=O)c1cccc(NCC(C)CSC)c1N. The van der Waals surface area contributed by atoms with Gasteiger partial charge in [-0.3, -0.25) is 0 Å². The first-order chi connectivity index (χ1) is 8.60. The fraction of sp³-hybridized carbons (Fsp3) is 0.462. The minimum atomic E-state index is -0.409. The van der Waals surface area contributed by atoms with Gasteiger partial charge in [0.2, 0.25) is 0 Å². The van der Waals surface area contributed by atoms with Crippen LogP contribution in [-0.2, 0) is 4.74 Å². The molecule has 18 heavy (non-hydrogen) atoms. The second-order valence-corrected chi connectivity index (χ2v) is 5.11. The smallest absolute Gasteiger partial charge is 0.340 e. The lowest BCUT2D eigenvalue weighted by atomic mass is 10.1. The Hall–Kier alpha value is -1.36. The van der Waals surface area contributed by atoms with Gasteiger partial charge in [0.05, 0.1) is 24.0 Å². The lowest BCUT2D eigenvalue weighted by molar-refractivity contribution is 0.0602. The molecular formula is C13H20N2O2S. The van der Waals surface area contributed by atoms with Crippen molar-refractivity contribution < 1.29 is 9.53 Å². The van der Waals surface area contributed by atoms with E-state index >= 15 is 0 Å². The number of nitrogens with one attached hydrogen (secondary N) is 1. The van der Waals surface area contributed by atoms with Gasteiger partial charge in [-0.15, -0.1) is 0 Å². The zero-order valence-electron chi connectivity index (χ0n) is 11.0. The first-order valence-corrected chi connectivity index (χ1v) is 7.19. The summed E-state index contributed by atoms with van der Waals surface area (Å²) in [4.78, 5) is 11.5. The molecule has 3 N–H and O–H groups in total. The van der Waals surface area contributed by atoms with Crippen LogP contribution in [-0.4, -0.2) is 31.6 Å². The monoisotopic (exact) mass is 268 g/mol. The summed E-state index contributed by atoms with van der Waals surface area (Å²) in [6, 6.07) is 5.33. The minimum absolute atomic E-state index is 0.403. The largest absolute Gasteiger partial charge is 0.465 e. The van der Waals surface area contributed by atoms with Gasteiger partial charge in [-0.1, -0.05) is 13.0 Å². The summed E-state index contributed by atoms with van der Waals surface area (Å²) in [6.07, 6.45) is 2.09. The number of nitrogen functional groups attached to an aromatic ring is 1. The molecule has 5 heteroatoms. The summed E-state index contributed by atoms with van der Waals surface area (Å²) in [7, 11) is 1.35. The van der Waals surface area contributed by atoms with Crippen molar-refractivity contribution in [3.05, 3.63) is 23.8 Å². The Morgan fingerprint density at radius 3 is 2.89 bits per heavy atom. The Kier molecular flexibility index (Phi) is 5.85. The van der Waals surface area contributed by atoms with Crippen molar-refractivity contribution in [2.75, 3.05) is 36.7 Å². The Morgan fingerprint density at radius 1 is 1.56 bits per heavy atom. The van der Waals surface area contributed by atoms with Gasteiger partial charge in [-0.2, -0.15) is 11.8 Å². The second kappa shape index (κ2) is 7.16. The summed E-state index contributed by atoms with van der Waals surface area (Å²) >= 11 is 1.82. The molecular weight excluding hydrogens is 248 g/mol. The predicted molar refractivity (Wildman–Crippen MR) is 78.2 cm³/mol. The van der Waals surface area contributed by atoms with E-state index in [4.69, 9.17) is 5.73 Å². The number of rotatable bonds is 6. The molecule has 0 aliphatic carbocycles. The van der Waals surface area contributed by atoms with Crippen molar-refractivity contribution in [3.8, 4) is 0 Å². The molecule has 0 aliphatic heterocycles. The number of anilines is 2. The number of nitrogens with two attached hydrogens (primary N) is 1. The van der Waals surface area contributed by atoms with E-state index in [9.17, 15) is 4.79 Å². The van der Waals surface area contributed by atoms with Gasteiger partial charge in [-0.25, -0.2) is 4.79 Å². The van der Waals surface area contributed by atoms with Gasteiger partial charge in [0.1, 0.15) is 0 Å². The van der Waals surface area contributed by atoms with Gasteiger partial charge in [0.15, 0.2) is 0 Å². The average molecular weight is 268 g/mol. The maximum atomic E-state index is 11.5. The van der Waals surface area contributed by atoms with Crippen LogP contribution in [0.15, 0.2) is 18.2 Å². The quantitative estimate of drug-likeness (QED) is 0.613. The molecule has 0 aliphatic rings. The molecule has 1 atom stereocenters. The molecule has 0 amide bonds. The molecule has 0 saturated heterocycles. The number of hydrogen-bond acceptors (Lipinski definition) is 5. The highest BCUT2D eigenvalue weighted by molar-refractivity contribution is 7.98. The van der Waals surface area contributed by atoms with Crippen LogP contribution in [0.3, 0.4) is 0 Å². The highest BCUT2D eigenvalue weighted by Gasteiger charge is 2.12. The molecule has 0 radical (unpaired) electrons. The topological polar surface area (TPSA) is 64.3 Å². The van der Waals surface area contributed by atoms with Gasteiger partial charge >= 0.3 is 5.97 Å². The van der Waals surface area contributed by atoms with Crippen molar-refractivity contribution in [1.29, 1.82) is 0 Å². The summed E-state index contributed by atoms with van der Waals surface area (Å²) in [5.74, 6) is 1.22. The normalized spacial score (nSPS) is 11.9. The molecule has 1 aromatic rings. The number of ether oxygens (including phenoxy) is 1.